The van der Waals surface area contributed by atoms with Gasteiger partial charge in [0.15, 0.2) is 5.96 Å². The molecular weight excluding hydrogens is 378 g/mol. The zero-order valence-electron chi connectivity index (χ0n) is 16.0. The van der Waals surface area contributed by atoms with E-state index in [0.717, 1.165) is 30.1 Å². The molecular formula is C19H32BrN5. The van der Waals surface area contributed by atoms with Gasteiger partial charge in [0.05, 0.1) is 0 Å². The fraction of sp³-hybridized carbons (Fsp3) is 0.632. The molecule has 0 amide bonds. The molecule has 140 valence electrons. The van der Waals surface area contributed by atoms with Crippen LogP contribution in [0.2, 0.25) is 0 Å². The third-order valence-electron chi connectivity index (χ3n) is 4.68. The van der Waals surface area contributed by atoms with Crippen molar-refractivity contribution in [2.45, 2.75) is 13.5 Å². The highest BCUT2D eigenvalue weighted by Gasteiger charge is 2.16. The highest BCUT2D eigenvalue weighted by molar-refractivity contribution is 9.10. The summed E-state index contributed by atoms with van der Waals surface area (Å²) in [5.74, 6) is 1.55. The maximum atomic E-state index is 4.43. The van der Waals surface area contributed by atoms with Crippen molar-refractivity contribution in [2.75, 3.05) is 60.4 Å². The van der Waals surface area contributed by atoms with Crippen molar-refractivity contribution in [3.05, 3.63) is 34.3 Å². The van der Waals surface area contributed by atoms with E-state index in [9.17, 15) is 0 Å². The van der Waals surface area contributed by atoms with Gasteiger partial charge in [-0.2, -0.15) is 0 Å². The van der Waals surface area contributed by atoms with Gasteiger partial charge in [0, 0.05) is 64.4 Å². The zero-order chi connectivity index (χ0) is 18.2. The average molecular weight is 410 g/mol. The summed E-state index contributed by atoms with van der Waals surface area (Å²) >= 11 is 3.48. The number of likely N-dealkylation sites (N-methyl/N-ethyl adjacent to an activating group) is 1. The average Bonchev–Trinajstić information content (AvgIpc) is 2.59. The van der Waals surface area contributed by atoms with Crippen LogP contribution in [0.5, 0.6) is 0 Å². The Morgan fingerprint density at radius 1 is 1.24 bits per heavy atom. The summed E-state index contributed by atoms with van der Waals surface area (Å²) in [7, 11) is 6.14. The molecule has 1 N–H and O–H groups in total. The predicted octanol–water partition coefficient (Wildman–Crippen LogP) is 2.34. The molecule has 1 aromatic carbocycles. The molecule has 1 unspecified atom stereocenters. The molecule has 1 aliphatic rings. The van der Waals surface area contributed by atoms with Crippen LogP contribution in [0.3, 0.4) is 0 Å². The van der Waals surface area contributed by atoms with Crippen molar-refractivity contribution in [3.63, 3.8) is 0 Å². The summed E-state index contributed by atoms with van der Waals surface area (Å²) in [4.78, 5) is 11.6. The molecule has 1 aromatic rings. The Labute approximate surface area is 161 Å². The van der Waals surface area contributed by atoms with Gasteiger partial charge in [0.1, 0.15) is 0 Å². The molecule has 1 fully saturated rings. The number of hydrogen-bond donors (Lipinski definition) is 1. The molecule has 0 aliphatic carbocycles. The first-order chi connectivity index (χ1) is 12.0. The standard InChI is InChI=1S/C19H32BrN5/c1-16(14-25-11-9-23(3)10-12-25)13-22-19(21-2)24(4)15-17-5-7-18(20)8-6-17/h5-8,16H,9-15H2,1-4H3,(H,21,22). The largest absolute Gasteiger partial charge is 0.356 e. The summed E-state index contributed by atoms with van der Waals surface area (Å²) in [6.45, 7) is 9.97. The number of benzene rings is 1. The monoisotopic (exact) mass is 409 g/mol. The molecule has 0 radical (unpaired) electrons. The van der Waals surface area contributed by atoms with E-state index >= 15 is 0 Å². The van der Waals surface area contributed by atoms with Crippen LogP contribution in [0.1, 0.15) is 12.5 Å². The highest BCUT2D eigenvalue weighted by atomic mass is 79.9. The van der Waals surface area contributed by atoms with E-state index in [1.54, 1.807) is 0 Å². The summed E-state index contributed by atoms with van der Waals surface area (Å²) < 4.78 is 1.11. The quantitative estimate of drug-likeness (QED) is 0.577. The molecule has 2 rings (SSSR count). The van der Waals surface area contributed by atoms with Gasteiger partial charge in [-0.05, 0) is 30.7 Å². The molecule has 25 heavy (non-hydrogen) atoms. The van der Waals surface area contributed by atoms with Crippen molar-refractivity contribution in [1.82, 2.24) is 20.0 Å². The van der Waals surface area contributed by atoms with Gasteiger partial charge in [-0.1, -0.05) is 35.0 Å². The lowest BCUT2D eigenvalue weighted by molar-refractivity contribution is 0.139. The maximum Gasteiger partial charge on any atom is 0.193 e. The van der Waals surface area contributed by atoms with Crippen LogP contribution in [0.25, 0.3) is 0 Å². The number of nitrogens with zero attached hydrogens (tertiary/aromatic N) is 4. The van der Waals surface area contributed by atoms with E-state index in [2.05, 4.69) is 86.2 Å². The second-order valence-electron chi connectivity index (χ2n) is 7.12. The van der Waals surface area contributed by atoms with Gasteiger partial charge in [-0.25, -0.2) is 0 Å². The van der Waals surface area contributed by atoms with Crippen LogP contribution in [0, 0.1) is 5.92 Å². The molecule has 0 aromatic heterocycles. The fourth-order valence-electron chi connectivity index (χ4n) is 3.12. The van der Waals surface area contributed by atoms with E-state index < -0.39 is 0 Å². The van der Waals surface area contributed by atoms with Crippen LogP contribution in [0.15, 0.2) is 33.7 Å². The number of nitrogens with one attached hydrogen (secondary N) is 1. The van der Waals surface area contributed by atoms with Crippen molar-refractivity contribution >= 4 is 21.9 Å². The SMILES string of the molecule is CN=C(NCC(C)CN1CCN(C)CC1)N(C)Cc1ccc(Br)cc1. The van der Waals surface area contributed by atoms with Gasteiger partial charge in [0.25, 0.3) is 0 Å². The number of piperazine rings is 1. The number of aliphatic imine (C=N–C) groups is 1. The summed E-state index contributed by atoms with van der Waals surface area (Å²) in [5.41, 5.74) is 1.28. The Balaban J connectivity index is 1.75. The Hall–Kier alpha value is -1.11. The Morgan fingerprint density at radius 3 is 2.48 bits per heavy atom. The molecule has 1 saturated heterocycles. The second-order valence-corrected chi connectivity index (χ2v) is 8.04. The minimum atomic E-state index is 0.598. The Kier molecular flexibility index (Phi) is 8.19. The van der Waals surface area contributed by atoms with E-state index in [4.69, 9.17) is 0 Å². The van der Waals surface area contributed by atoms with Crippen LogP contribution < -0.4 is 5.32 Å². The minimum Gasteiger partial charge on any atom is -0.356 e. The first-order valence-electron chi connectivity index (χ1n) is 9.05. The molecule has 1 atom stereocenters. The highest BCUT2D eigenvalue weighted by Crippen LogP contribution is 2.12. The van der Waals surface area contributed by atoms with E-state index in [-0.39, 0.29) is 0 Å². The predicted molar refractivity (Wildman–Crippen MR) is 110 cm³/mol. The topological polar surface area (TPSA) is 34.1 Å². The van der Waals surface area contributed by atoms with Crippen LogP contribution in [-0.2, 0) is 6.54 Å². The zero-order valence-corrected chi connectivity index (χ0v) is 17.6. The number of rotatable bonds is 6. The normalized spacial score (nSPS) is 18.2. The van der Waals surface area contributed by atoms with Gasteiger partial charge in [-0.3, -0.25) is 4.99 Å². The first-order valence-corrected chi connectivity index (χ1v) is 9.84. The van der Waals surface area contributed by atoms with Gasteiger partial charge in [-0.15, -0.1) is 0 Å². The van der Waals surface area contributed by atoms with Crippen LogP contribution in [0.4, 0.5) is 0 Å². The summed E-state index contributed by atoms with van der Waals surface area (Å²) in [6.07, 6.45) is 0. The van der Waals surface area contributed by atoms with Gasteiger partial charge >= 0.3 is 0 Å². The maximum absolute atomic E-state index is 4.43. The van der Waals surface area contributed by atoms with Gasteiger partial charge in [0.2, 0.25) is 0 Å². The Bertz CT molecular complexity index is 537. The Morgan fingerprint density at radius 2 is 1.88 bits per heavy atom. The molecule has 1 heterocycles. The third-order valence-corrected chi connectivity index (χ3v) is 5.21. The third kappa shape index (κ3) is 6.96. The molecule has 0 saturated carbocycles. The smallest absolute Gasteiger partial charge is 0.193 e. The lowest BCUT2D eigenvalue weighted by atomic mass is 10.1. The summed E-state index contributed by atoms with van der Waals surface area (Å²) in [5, 5.41) is 3.53. The van der Waals surface area contributed by atoms with Crippen molar-refractivity contribution in [1.29, 1.82) is 0 Å². The van der Waals surface area contributed by atoms with E-state index in [1.807, 2.05) is 7.05 Å². The lowest BCUT2D eigenvalue weighted by Gasteiger charge is -2.34. The van der Waals surface area contributed by atoms with E-state index in [0.29, 0.717) is 5.92 Å². The number of guanidine groups is 1. The lowest BCUT2D eigenvalue weighted by Crippen LogP contribution is -2.47. The van der Waals surface area contributed by atoms with Crippen molar-refractivity contribution < 1.29 is 0 Å². The molecule has 5 nitrogen and oxygen atoms in total. The first kappa shape index (κ1) is 20.2. The molecule has 0 spiro atoms. The van der Waals surface area contributed by atoms with Crippen molar-refractivity contribution in [3.8, 4) is 0 Å². The number of halogens is 1. The number of hydrogen-bond acceptors (Lipinski definition) is 3. The second kappa shape index (κ2) is 10.1. The van der Waals surface area contributed by atoms with Crippen molar-refractivity contribution in [2.24, 2.45) is 10.9 Å². The van der Waals surface area contributed by atoms with Crippen LogP contribution in [-0.4, -0.2) is 81.1 Å². The minimum absolute atomic E-state index is 0.598. The molecule has 6 heteroatoms. The fourth-order valence-corrected chi connectivity index (χ4v) is 3.39. The van der Waals surface area contributed by atoms with Gasteiger partial charge < -0.3 is 20.0 Å². The van der Waals surface area contributed by atoms with Crippen LogP contribution >= 0.6 is 15.9 Å². The summed E-state index contributed by atoms with van der Waals surface area (Å²) in [6, 6.07) is 8.45. The molecule has 1 aliphatic heterocycles. The van der Waals surface area contributed by atoms with E-state index in [1.165, 1.54) is 31.7 Å². The molecule has 0 bridgehead atoms.